The molecule has 3 rings (SSSR count). The number of hydrogen-bond donors (Lipinski definition) is 2. The SMILES string of the molecule is COc1ccccc1[C@]1(CC[NH2+]CCC[NH+]2CCOCC2)CCOC(C)(C)C1. The van der Waals surface area contributed by atoms with Gasteiger partial charge in [-0.15, -0.1) is 0 Å². The number of hydrogen-bond acceptors (Lipinski definition) is 3. The molecule has 28 heavy (non-hydrogen) atoms. The van der Waals surface area contributed by atoms with Crippen LogP contribution in [0.5, 0.6) is 5.75 Å². The van der Waals surface area contributed by atoms with Crippen LogP contribution < -0.4 is 15.0 Å². The Kier molecular flexibility index (Phi) is 7.75. The molecule has 0 amide bonds. The third-order valence-electron chi connectivity index (χ3n) is 6.48. The van der Waals surface area contributed by atoms with Gasteiger partial charge in [0.2, 0.25) is 0 Å². The van der Waals surface area contributed by atoms with Crippen LogP contribution >= 0.6 is 0 Å². The lowest BCUT2D eigenvalue weighted by molar-refractivity contribution is -0.909. The molecular formula is C23H40N2O3+2. The number of nitrogens with one attached hydrogen (secondary N) is 1. The van der Waals surface area contributed by atoms with Crippen LogP contribution in [-0.2, 0) is 14.9 Å². The number of morpholine rings is 1. The van der Waals surface area contributed by atoms with Crippen LogP contribution in [0.4, 0.5) is 0 Å². The van der Waals surface area contributed by atoms with Crippen molar-refractivity contribution >= 4 is 0 Å². The van der Waals surface area contributed by atoms with Crippen LogP contribution in [-0.4, -0.2) is 65.3 Å². The lowest BCUT2D eigenvalue weighted by atomic mass is 9.67. The fraction of sp³-hybridized carbons (Fsp3) is 0.739. The van der Waals surface area contributed by atoms with E-state index in [-0.39, 0.29) is 11.0 Å². The maximum absolute atomic E-state index is 6.06. The minimum Gasteiger partial charge on any atom is -0.496 e. The molecule has 2 aliphatic rings. The van der Waals surface area contributed by atoms with Gasteiger partial charge < -0.3 is 24.4 Å². The van der Waals surface area contributed by atoms with Gasteiger partial charge in [-0.05, 0) is 32.8 Å². The van der Waals surface area contributed by atoms with Gasteiger partial charge in [0.15, 0.2) is 0 Å². The summed E-state index contributed by atoms with van der Waals surface area (Å²) in [5.74, 6) is 1.02. The highest BCUT2D eigenvalue weighted by molar-refractivity contribution is 5.40. The summed E-state index contributed by atoms with van der Waals surface area (Å²) < 4.78 is 17.3. The van der Waals surface area contributed by atoms with E-state index < -0.39 is 0 Å². The molecule has 2 saturated heterocycles. The van der Waals surface area contributed by atoms with Gasteiger partial charge in [-0.1, -0.05) is 18.2 Å². The average Bonchev–Trinajstić information content (AvgIpc) is 2.70. The fourth-order valence-electron chi connectivity index (χ4n) is 5.07. The molecular weight excluding hydrogens is 352 g/mol. The van der Waals surface area contributed by atoms with Gasteiger partial charge in [0, 0.05) is 30.4 Å². The number of benzene rings is 1. The average molecular weight is 393 g/mol. The monoisotopic (exact) mass is 392 g/mol. The minimum absolute atomic E-state index is 0.0845. The summed E-state index contributed by atoms with van der Waals surface area (Å²) in [4.78, 5) is 1.70. The zero-order valence-corrected chi connectivity index (χ0v) is 18.1. The molecule has 5 heteroatoms. The predicted molar refractivity (Wildman–Crippen MR) is 111 cm³/mol. The van der Waals surface area contributed by atoms with Crippen LogP contribution in [0, 0.1) is 0 Å². The van der Waals surface area contributed by atoms with Gasteiger partial charge >= 0.3 is 0 Å². The van der Waals surface area contributed by atoms with Crippen LogP contribution in [0.25, 0.3) is 0 Å². The van der Waals surface area contributed by atoms with Crippen LogP contribution in [0.2, 0.25) is 0 Å². The van der Waals surface area contributed by atoms with E-state index in [4.69, 9.17) is 14.2 Å². The topological polar surface area (TPSA) is 48.7 Å². The van der Waals surface area contributed by atoms with E-state index in [0.29, 0.717) is 0 Å². The largest absolute Gasteiger partial charge is 0.496 e. The second-order valence-electron chi connectivity index (χ2n) is 9.10. The summed E-state index contributed by atoms with van der Waals surface area (Å²) in [7, 11) is 1.79. The third kappa shape index (κ3) is 5.69. The summed E-state index contributed by atoms with van der Waals surface area (Å²) in [5, 5.41) is 2.51. The van der Waals surface area contributed by atoms with Crippen molar-refractivity contribution < 1.29 is 24.4 Å². The van der Waals surface area contributed by atoms with Crippen molar-refractivity contribution in [1.82, 2.24) is 0 Å². The first-order chi connectivity index (χ1) is 13.5. The van der Waals surface area contributed by atoms with Gasteiger partial charge in [-0.2, -0.15) is 0 Å². The third-order valence-corrected chi connectivity index (χ3v) is 6.48. The first-order valence-electron chi connectivity index (χ1n) is 11.1. The molecule has 0 bridgehead atoms. The molecule has 5 nitrogen and oxygen atoms in total. The Morgan fingerprint density at radius 2 is 1.89 bits per heavy atom. The number of nitrogens with two attached hydrogens (primary N) is 1. The van der Waals surface area contributed by atoms with Gasteiger partial charge in [-0.25, -0.2) is 0 Å². The van der Waals surface area contributed by atoms with Gasteiger partial charge in [0.25, 0.3) is 0 Å². The van der Waals surface area contributed by atoms with Gasteiger partial charge in [0.05, 0.1) is 45.6 Å². The van der Waals surface area contributed by atoms with Crippen molar-refractivity contribution in [2.75, 3.05) is 59.7 Å². The molecule has 1 atom stereocenters. The molecule has 1 aromatic carbocycles. The predicted octanol–water partition coefficient (Wildman–Crippen LogP) is 0.781. The fourth-order valence-corrected chi connectivity index (χ4v) is 5.07. The highest BCUT2D eigenvalue weighted by Crippen LogP contribution is 2.46. The van der Waals surface area contributed by atoms with Crippen molar-refractivity contribution in [3.63, 3.8) is 0 Å². The summed E-state index contributed by atoms with van der Waals surface area (Å²) >= 11 is 0. The number of ether oxygens (including phenoxy) is 3. The highest BCUT2D eigenvalue weighted by Gasteiger charge is 2.43. The Morgan fingerprint density at radius 3 is 2.64 bits per heavy atom. The Hall–Kier alpha value is -1.14. The molecule has 2 fully saturated rings. The van der Waals surface area contributed by atoms with Crippen molar-refractivity contribution in [3.8, 4) is 5.75 Å². The van der Waals surface area contributed by atoms with Gasteiger partial charge in [-0.3, -0.25) is 0 Å². The van der Waals surface area contributed by atoms with Crippen molar-refractivity contribution in [2.45, 2.75) is 50.5 Å². The van der Waals surface area contributed by atoms with Crippen molar-refractivity contribution in [1.29, 1.82) is 0 Å². The molecule has 2 heterocycles. The summed E-state index contributed by atoms with van der Waals surface area (Å²) in [6, 6.07) is 8.59. The number of methoxy groups -OCH3 is 1. The standard InChI is InChI=1S/C23H38N2O3/c1-22(2)19-23(10-16-28-22,20-7-4-5-8-21(20)26-3)9-12-24-11-6-13-25-14-17-27-18-15-25/h4-5,7-8,24H,6,9-19H2,1-3H3/p+2/t23-/m1/s1. The van der Waals surface area contributed by atoms with E-state index >= 15 is 0 Å². The lowest BCUT2D eigenvalue weighted by Crippen LogP contribution is -3.14. The Morgan fingerprint density at radius 1 is 1.11 bits per heavy atom. The second kappa shape index (κ2) is 10.1. The van der Waals surface area contributed by atoms with E-state index in [1.54, 1.807) is 12.0 Å². The van der Waals surface area contributed by atoms with Crippen molar-refractivity contribution in [2.24, 2.45) is 0 Å². The molecule has 0 aliphatic carbocycles. The van der Waals surface area contributed by atoms with E-state index in [0.717, 1.165) is 45.0 Å². The minimum atomic E-state index is -0.0845. The second-order valence-corrected chi connectivity index (χ2v) is 9.10. The Labute approximate surface area is 170 Å². The molecule has 0 spiro atoms. The van der Waals surface area contributed by atoms with E-state index in [2.05, 4.69) is 43.4 Å². The molecule has 158 valence electrons. The zero-order valence-electron chi connectivity index (χ0n) is 18.1. The summed E-state index contributed by atoms with van der Waals surface area (Å²) in [5.41, 5.74) is 1.42. The highest BCUT2D eigenvalue weighted by atomic mass is 16.5. The molecule has 0 radical (unpaired) electrons. The number of quaternary nitrogens is 2. The number of para-hydroxylation sites is 1. The zero-order chi connectivity index (χ0) is 19.9. The van der Waals surface area contributed by atoms with E-state index in [1.807, 2.05) is 0 Å². The van der Waals surface area contributed by atoms with Gasteiger partial charge in [0.1, 0.15) is 18.8 Å². The Bertz CT molecular complexity index is 601. The molecule has 0 aromatic heterocycles. The van der Waals surface area contributed by atoms with E-state index in [1.165, 1.54) is 44.6 Å². The molecule has 1 aromatic rings. The maximum Gasteiger partial charge on any atom is 0.122 e. The molecule has 0 saturated carbocycles. The molecule has 2 aliphatic heterocycles. The quantitative estimate of drug-likeness (QED) is 0.611. The molecule has 3 N–H and O–H groups in total. The van der Waals surface area contributed by atoms with E-state index in [9.17, 15) is 0 Å². The molecule has 0 unspecified atom stereocenters. The summed E-state index contributed by atoms with van der Waals surface area (Å²) in [6.45, 7) is 13.1. The smallest absolute Gasteiger partial charge is 0.122 e. The first-order valence-corrected chi connectivity index (χ1v) is 11.1. The lowest BCUT2D eigenvalue weighted by Gasteiger charge is -2.45. The van der Waals surface area contributed by atoms with Crippen LogP contribution in [0.3, 0.4) is 0 Å². The Balaban J connectivity index is 1.56. The first kappa shape index (κ1) is 21.6. The maximum atomic E-state index is 6.06. The van der Waals surface area contributed by atoms with Crippen molar-refractivity contribution in [3.05, 3.63) is 29.8 Å². The normalized spacial score (nSPS) is 25.5. The van der Waals surface area contributed by atoms with Crippen LogP contribution in [0.1, 0.15) is 45.1 Å². The summed E-state index contributed by atoms with van der Waals surface area (Å²) in [6.07, 6.45) is 4.57. The number of rotatable bonds is 9. The van der Waals surface area contributed by atoms with Crippen LogP contribution in [0.15, 0.2) is 24.3 Å².